The van der Waals surface area contributed by atoms with Crippen molar-refractivity contribution in [3.05, 3.63) is 48.2 Å². The third-order valence-corrected chi connectivity index (χ3v) is 4.36. The number of aryl methyl sites for hydroxylation is 1. The second kappa shape index (κ2) is 6.82. The number of hydrogen-bond acceptors (Lipinski definition) is 5. The van der Waals surface area contributed by atoms with E-state index in [0.29, 0.717) is 19.8 Å². The Balaban J connectivity index is 1.74. The fraction of sp³-hybridized carbons (Fsp3) is 0.368. The minimum atomic E-state index is 0.0463. The molecule has 1 N–H and O–H groups in total. The monoisotopic (exact) mass is 338 g/mol. The van der Waals surface area contributed by atoms with E-state index in [1.54, 1.807) is 0 Å². The highest BCUT2D eigenvalue weighted by Gasteiger charge is 2.29. The van der Waals surface area contributed by atoms with Crippen LogP contribution in [0.15, 0.2) is 42.5 Å². The predicted molar refractivity (Wildman–Crippen MR) is 96.8 cm³/mol. The largest absolute Gasteiger partial charge is 0.376 e. The minimum Gasteiger partial charge on any atom is -0.376 e. The van der Waals surface area contributed by atoms with Gasteiger partial charge in [-0.25, -0.2) is 4.98 Å². The van der Waals surface area contributed by atoms with Crippen molar-refractivity contribution in [1.82, 2.24) is 14.6 Å². The normalized spacial score (nSPS) is 20.2. The Morgan fingerprint density at radius 1 is 1.24 bits per heavy atom. The van der Waals surface area contributed by atoms with E-state index in [-0.39, 0.29) is 12.1 Å². The van der Waals surface area contributed by atoms with Crippen LogP contribution in [0.25, 0.3) is 16.9 Å². The molecule has 0 unspecified atom stereocenters. The summed E-state index contributed by atoms with van der Waals surface area (Å²) in [6, 6.07) is 14.3. The average Bonchev–Trinajstić information content (AvgIpc) is 3.22. The molecule has 130 valence electrons. The van der Waals surface area contributed by atoms with Crippen molar-refractivity contribution in [3.63, 3.8) is 0 Å². The topological polar surface area (TPSA) is 60.7 Å². The molecule has 0 saturated carbocycles. The molecule has 3 heterocycles. The summed E-state index contributed by atoms with van der Waals surface area (Å²) >= 11 is 0. The summed E-state index contributed by atoms with van der Waals surface area (Å²) in [4.78, 5) is 4.75. The Hall–Kier alpha value is -2.44. The molecule has 6 heteroatoms. The van der Waals surface area contributed by atoms with Gasteiger partial charge in [0.05, 0.1) is 30.6 Å². The molecule has 2 atom stereocenters. The van der Waals surface area contributed by atoms with Gasteiger partial charge in [0, 0.05) is 24.3 Å². The number of rotatable bonds is 5. The fourth-order valence-corrected chi connectivity index (χ4v) is 3.19. The molecule has 0 spiro atoms. The summed E-state index contributed by atoms with van der Waals surface area (Å²) in [7, 11) is 0. The number of ether oxygens (including phenoxy) is 2. The first-order valence-corrected chi connectivity index (χ1v) is 8.63. The number of hydrogen-bond donors (Lipinski definition) is 1. The van der Waals surface area contributed by atoms with E-state index in [2.05, 4.69) is 22.5 Å². The predicted octanol–water partition coefficient (Wildman–Crippen LogP) is 2.92. The third kappa shape index (κ3) is 3.23. The van der Waals surface area contributed by atoms with Gasteiger partial charge in [-0.1, -0.05) is 30.3 Å². The van der Waals surface area contributed by atoms with E-state index < -0.39 is 0 Å². The van der Waals surface area contributed by atoms with Gasteiger partial charge in [-0.15, -0.1) is 0 Å². The lowest BCUT2D eigenvalue weighted by Gasteiger charge is -2.20. The molecule has 4 rings (SSSR count). The maximum absolute atomic E-state index is 5.79. The van der Waals surface area contributed by atoms with Crippen LogP contribution < -0.4 is 5.32 Å². The zero-order chi connectivity index (χ0) is 17.2. The molecular weight excluding hydrogens is 316 g/mol. The number of benzene rings is 1. The van der Waals surface area contributed by atoms with Gasteiger partial charge in [-0.2, -0.15) is 9.61 Å². The Labute approximate surface area is 146 Å². The third-order valence-electron chi connectivity index (χ3n) is 4.36. The second-order valence-electron chi connectivity index (χ2n) is 6.23. The first-order chi connectivity index (χ1) is 12.2. The smallest absolute Gasteiger partial charge is 0.158 e. The molecule has 25 heavy (non-hydrogen) atoms. The molecule has 1 aromatic carbocycles. The van der Waals surface area contributed by atoms with Gasteiger partial charge in [0.25, 0.3) is 0 Å². The van der Waals surface area contributed by atoms with Gasteiger partial charge in [0.2, 0.25) is 0 Å². The molecule has 0 aliphatic carbocycles. The van der Waals surface area contributed by atoms with Gasteiger partial charge < -0.3 is 14.8 Å². The summed E-state index contributed by atoms with van der Waals surface area (Å²) in [6.45, 7) is 5.89. The maximum Gasteiger partial charge on any atom is 0.158 e. The summed E-state index contributed by atoms with van der Waals surface area (Å²) < 4.78 is 13.2. The number of fused-ring (bicyclic) bond motifs is 1. The number of anilines is 1. The lowest BCUT2D eigenvalue weighted by atomic mass is 10.1. The van der Waals surface area contributed by atoms with Crippen LogP contribution >= 0.6 is 0 Å². The van der Waals surface area contributed by atoms with E-state index in [4.69, 9.17) is 14.5 Å². The number of aromatic nitrogens is 3. The molecule has 6 nitrogen and oxygen atoms in total. The lowest BCUT2D eigenvalue weighted by Crippen LogP contribution is -2.35. The molecule has 1 aliphatic rings. The van der Waals surface area contributed by atoms with Crippen LogP contribution in [0.5, 0.6) is 0 Å². The molecule has 0 radical (unpaired) electrons. The van der Waals surface area contributed by atoms with Gasteiger partial charge >= 0.3 is 0 Å². The summed E-state index contributed by atoms with van der Waals surface area (Å²) in [6.07, 6.45) is 0.0463. The first-order valence-electron chi connectivity index (χ1n) is 8.63. The lowest BCUT2D eigenvalue weighted by molar-refractivity contribution is 0.0478. The fourth-order valence-electron chi connectivity index (χ4n) is 3.19. The van der Waals surface area contributed by atoms with Crippen molar-refractivity contribution in [3.8, 4) is 11.3 Å². The number of nitrogens with zero attached hydrogens (tertiary/aromatic N) is 3. The summed E-state index contributed by atoms with van der Waals surface area (Å²) in [5.41, 5.74) is 3.76. The van der Waals surface area contributed by atoms with E-state index in [1.807, 2.05) is 48.7 Å². The minimum absolute atomic E-state index is 0.0463. The van der Waals surface area contributed by atoms with Crippen molar-refractivity contribution in [1.29, 1.82) is 0 Å². The van der Waals surface area contributed by atoms with Crippen LogP contribution in [0, 0.1) is 6.92 Å². The van der Waals surface area contributed by atoms with Crippen molar-refractivity contribution >= 4 is 11.5 Å². The van der Waals surface area contributed by atoms with Crippen LogP contribution in [0.4, 0.5) is 5.82 Å². The van der Waals surface area contributed by atoms with Crippen LogP contribution in [0.3, 0.4) is 0 Å². The summed E-state index contributed by atoms with van der Waals surface area (Å²) in [5.74, 6) is 0.900. The van der Waals surface area contributed by atoms with Gasteiger partial charge in [0.15, 0.2) is 5.65 Å². The van der Waals surface area contributed by atoms with Crippen LogP contribution in [-0.2, 0) is 9.47 Å². The van der Waals surface area contributed by atoms with Crippen molar-refractivity contribution in [2.75, 3.05) is 25.1 Å². The molecule has 0 amide bonds. The Bertz CT molecular complexity index is 862. The van der Waals surface area contributed by atoms with Gasteiger partial charge in [-0.3, -0.25) is 0 Å². The SMILES string of the molecule is CCO[C@H]1COC[C@@H]1Nc1cc(-c2ccccc2)nc2cc(C)nn12. The van der Waals surface area contributed by atoms with E-state index in [0.717, 1.165) is 28.4 Å². The molecular formula is C19H22N4O2. The highest BCUT2D eigenvalue weighted by Crippen LogP contribution is 2.24. The molecule has 2 aromatic heterocycles. The molecule has 1 fully saturated rings. The highest BCUT2D eigenvalue weighted by atomic mass is 16.5. The Morgan fingerprint density at radius 2 is 2.08 bits per heavy atom. The van der Waals surface area contributed by atoms with Gasteiger partial charge in [0.1, 0.15) is 11.9 Å². The molecule has 0 bridgehead atoms. The zero-order valence-electron chi connectivity index (χ0n) is 14.5. The maximum atomic E-state index is 5.79. The van der Waals surface area contributed by atoms with Crippen LogP contribution in [-0.4, -0.2) is 46.6 Å². The molecule has 3 aromatic rings. The standard InChI is InChI=1S/C19H22N4O2/c1-3-25-17-12-24-11-16(17)21-19-10-15(14-7-5-4-6-8-14)20-18-9-13(2)22-23(18)19/h4-10,16-17,21H,3,11-12H2,1-2H3/t16-,17-/m0/s1. The highest BCUT2D eigenvalue weighted by molar-refractivity contribution is 5.66. The van der Waals surface area contributed by atoms with E-state index in [1.165, 1.54) is 0 Å². The van der Waals surface area contributed by atoms with Crippen LogP contribution in [0.1, 0.15) is 12.6 Å². The first kappa shape index (κ1) is 16.1. The molecule has 1 aliphatic heterocycles. The Morgan fingerprint density at radius 3 is 2.88 bits per heavy atom. The second-order valence-corrected chi connectivity index (χ2v) is 6.23. The van der Waals surface area contributed by atoms with Gasteiger partial charge in [-0.05, 0) is 13.8 Å². The van der Waals surface area contributed by atoms with Crippen molar-refractivity contribution in [2.45, 2.75) is 26.0 Å². The van der Waals surface area contributed by atoms with Crippen LogP contribution in [0.2, 0.25) is 0 Å². The van der Waals surface area contributed by atoms with Crippen molar-refractivity contribution < 1.29 is 9.47 Å². The Kier molecular flexibility index (Phi) is 4.38. The molecule has 1 saturated heterocycles. The summed E-state index contributed by atoms with van der Waals surface area (Å²) in [5, 5.41) is 8.12. The quantitative estimate of drug-likeness (QED) is 0.775. The average molecular weight is 338 g/mol. The van der Waals surface area contributed by atoms with Crippen molar-refractivity contribution in [2.24, 2.45) is 0 Å². The number of nitrogens with one attached hydrogen (secondary N) is 1. The van der Waals surface area contributed by atoms with E-state index >= 15 is 0 Å². The van der Waals surface area contributed by atoms with E-state index in [9.17, 15) is 0 Å². The zero-order valence-corrected chi connectivity index (χ0v) is 14.5.